The molecule has 8 aliphatic rings. The highest BCUT2D eigenvalue weighted by Crippen LogP contribution is 2.76. The number of carboxylic acid groups (broad SMARTS) is 1. The number of allylic oxidation sites excluding steroid dienone is 2. The first-order valence-corrected chi connectivity index (χ1v) is 24.2. The van der Waals surface area contributed by atoms with Crippen LogP contribution in [0.2, 0.25) is 0 Å². The van der Waals surface area contributed by atoms with Crippen molar-refractivity contribution in [3.63, 3.8) is 0 Å². The van der Waals surface area contributed by atoms with E-state index in [4.69, 9.17) is 28.4 Å². The van der Waals surface area contributed by atoms with Crippen LogP contribution in [0.3, 0.4) is 0 Å². The van der Waals surface area contributed by atoms with Crippen LogP contribution in [0.4, 0.5) is 0 Å². The first-order chi connectivity index (χ1) is 30.3. The molecular formula is C48H78O17. The largest absolute Gasteiger partial charge is 0.481 e. The lowest BCUT2D eigenvalue weighted by atomic mass is 9.33. The van der Waals surface area contributed by atoms with Gasteiger partial charge >= 0.3 is 5.97 Å². The topological polar surface area (TPSA) is 275 Å². The molecule has 5 aliphatic carbocycles. The van der Waals surface area contributed by atoms with E-state index in [1.165, 1.54) is 12.5 Å². The number of fused-ring (bicyclic) bond motifs is 7. The van der Waals surface area contributed by atoms with Crippen molar-refractivity contribution in [2.24, 2.45) is 50.2 Å². The van der Waals surface area contributed by atoms with Gasteiger partial charge in [-0.1, -0.05) is 60.1 Å². The lowest BCUT2D eigenvalue weighted by molar-refractivity contribution is -0.397. The fraction of sp³-hybridized carbons (Fsp3) is 0.938. The molecule has 23 atom stereocenters. The maximum Gasteiger partial charge on any atom is 0.310 e. The van der Waals surface area contributed by atoms with Crippen LogP contribution in [-0.4, -0.2) is 168 Å². The second-order valence-corrected chi connectivity index (χ2v) is 23.5. The number of rotatable bonds is 9. The molecule has 0 aromatic heterocycles. The van der Waals surface area contributed by atoms with Gasteiger partial charge in [-0.2, -0.15) is 0 Å². The van der Waals surface area contributed by atoms with Crippen molar-refractivity contribution in [1.29, 1.82) is 0 Å². The molecule has 3 heterocycles. The smallest absolute Gasteiger partial charge is 0.310 e. The SMILES string of the molecule is C[C@@H]1O[C@@H](O[C@H]2[C@H](O[C@H]3[C@H](O[C@H]4CC[C@]5(C)[C@H]6CC=C7[C@@H]8CC(C)(C)CC[C@]8(C(=O)O)CC[C@@]7(C)[C@]6(C)CC[C@H]5C4(C)C)O[C@H](CO)[C@@H](O)[C@@H]3O)O[C@H](CO)[C@@H](O)[C@@H]2O)[C@H](O)[C@H](O)[C@H]1O. The lowest BCUT2D eigenvalue weighted by Gasteiger charge is -2.71. The van der Waals surface area contributed by atoms with Crippen LogP contribution in [0.1, 0.15) is 120 Å². The molecule has 65 heavy (non-hydrogen) atoms. The second kappa shape index (κ2) is 17.5. The van der Waals surface area contributed by atoms with Gasteiger partial charge in [-0.15, -0.1) is 0 Å². The lowest BCUT2D eigenvalue weighted by Crippen LogP contribution is -2.67. The number of hydrogen-bond donors (Lipinski definition) is 10. The zero-order valence-electron chi connectivity index (χ0n) is 39.4. The van der Waals surface area contributed by atoms with Gasteiger partial charge in [-0.25, -0.2) is 0 Å². The number of hydrogen-bond acceptors (Lipinski definition) is 16. The van der Waals surface area contributed by atoms with Crippen molar-refractivity contribution in [3.05, 3.63) is 11.6 Å². The second-order valence-electron chi connectivity index (χ2n) is 23.5. The van der Waals surface area contributed by atoms with Gasteiger partial charge < -0.3 is 79.5 Å². The number of aliphatic hydroxyl groups excluding tert-OH is 9. The predicted octanol–water partition coefficient (Wildman–Crippen LogP) is 1.73. The summed E-state index contributed by atoms with van der Waals surface area (Å²) in [5, 5.41) is 108. The van der Waals surface area contributed by atoms with Crippen LogP contribution in [0.25, 0.3) is 0 Å². The van der Waals surface area contributed by atoms with Crippen LogP contribution in [0.15, 0.2) is 11.6 Å². The maximum absolute atomic E-state index is 13.2. The number of carbonyl (C=O) groups is 1. The normalized spacial score (nSPS) is 54.0. The molecular weight excluding hydrogens is 849 g/mol. The molecule has 8 rings (SSSR count). The predicted molar refractivity (Wildman–Crippen MR) is 229 cm³/mol. The molecule has 0 bridgehead atoms. The summed E-state index contributed by atoms with van der Waals surface area (Å²) in [6.07, 6.45) is -13.5. The van der Waals surface area contributed by atoms with Gasteiger partial charge in [0.25, 0.3) is 0 Å². The summed E-state index contributed by atoms with van der Waals surface area (Å²) in [5.74, 6) is -0.153. The molecule has 0 aromatic rings. The Labute approximate surface area is 382 Å². The Kier molecular flexibility index (Phi) is 13.4. The highest BCUT2D eigenvalue weighted by molar-refractivity contribution is 5.76. The number of carboxylic acids is 1. The number of aliphatic hydroxyl groups is 9. The molecule has 3 aliphatic heterocycles. The van der Waals surface area contributed by atoms with E-state index in [-0.39, 0.29) is 33.5 Å². The van der Waals surface area contributed by atoms with Crippen molar-refractivity contribution >= 4 is 5.97 Å². The Morgan fingerprint density at radius 3 is 1.80 bits per heavy atom. The van der Waals surface area contributed by atoms with E-state index in [0.717, 1.165) is 44.9 Å². The van der Waals surface area contributed by atoms with Crippen LogP contribution in [-0.2, 0) is 33.2 Å². The van der Waals surface area contributed by atoms with E-state index in [2.05, 4.69) is 54.5 Å². The van der Waals surface area contributed by atoms with E-state index in [0.29, 0.717) is 25.2 Å². The Bertz CT molecular complexity index is 1780. The monoisotopic (exact) mass is 927 g/mol. The van der Waals surface area contributed by atoms with E-state index in [9.17, 15) is 55.9 Å². The fourth-order valence-corrected chi connectivity index (χ4v) is 15.1. The minimum Gasteiger partial charge on any atom is -0.481 e. The molecule has 0 unspecified atom stereocenters. The fourth-order valence-electron chi connectivity index (χ4n) is 15.1. The van der Waals surface area contributed by atoms with Gasteiger partial charge in [0, 0.05) is 0 Å². The molecule has 3 saturated heterocycles. The number of aliphatic carboxylic acids is 1. The van der Waals surface area contributed by atoms with Gasteiger partial charge in [-0.05, 0) is 116 Å². The zero-order chi connectivity index (χ0) is 47.6. The molecule has 0 amide bonds. The summed E-state index contributed by atoms with van der Waals surface area (Å²) in [6.45, 7) is 16.3. The van der Waals surface area contributed by atoms with Crippen LogP contribution >= 0.6 is 0 Å². The third-order valence-electron chi connectivity index (χ3n) is 19.3. The highest BCUT2D eigenvalue weighted by Gasteiger charge is 2.70. The van der Waals surface area contributed by atoms with Gasteiger partial charge in [0.15, 0.2) is 18.9 Å². The van der Waals surface area contributed by atoms with Crippen LogP contribution in [0, 0.1) is 50.2 Å². The number of ether oxygens (including phenoxy) is 6. The van der Waals surface area contributed by atoms with Gasteiger partial charge in [0.1, 0.15) is 67.1 Å². The third kappa shape index (κ3) is 7.81. The van der Waals surface area contributed by atoms with Crippen molar-refractivity contribution in [2.45, 2.75) is 218 Å². The molecule has 4 saturated carbocycles. The summed E-state index contributed by atoms with van der Waals surface area (Å²) in [5.41, 5.74) is -0.116. The minimum atomic E-state index is -1.83. The summed E-state index contributed by atoms with van der Waals surface area (Å²) >= 11 is 0. The highest BCUT2D eigenvalue weighted by atomic mass is 16.8. The zero-order valence-corrected chi connectivity index (χ0v) is 39.4. The summed E-state index contributed by atoms with van der Waals surface area (Å²) < 4.78 is 36.8. The van der Waals surface area contributed by atoms with Gasteiger partial charge in [-0.3, -0.25) is 4.79 Å². The average Bonchev–Trinajstić information content (AvgIpc) is 3.24. The van der Waals surface area contributed by atoms with Crippen molar-refractivity contribution in [1.82, 2.24) is 0 Å². The van der Waals surface area contributed by atoms with E-state index >= 15 is 0 Å². The molecule has 372 valence electrons. The molecule has 17 heteroatoms. The summed E-state index contributed by atoms with van der Waals surface area (Å²) in [6, 6.07) is 0. The van der Waals surface area contributed by atoms with Crippen molar-refractivity contribution in [2.75, 3.05) is 13.2 Å². The first-order valence-electron chi connectivity index (χ1n) is 24.2. The molecule has 7 fully saturated rings. The van der Waals surface area contributed by atoms with E-state index in [1.807, 2.05) is 0 Å². The van der Waals surface area contributed by atoms with E-state index < -0.39 is 128 Å². The maximum atomic E-state index is 13.2. The Hall–Kier alpha value is -1.39. The summed E-state index contributed by atoms with van der Waals surface area (Å²) in [7, 11) is 0. The average molecular weight is 927 g/mol. The molecule has 0 spiro atoms. The van der Waals surface area contributed by atoms with Crippen LogP contribution in [0.5, 0.6) is 0 Å². The Morgan fingerprint density at radius 2 is 1.22 bits per heavy atom. The van der Waals surface area contributed by atoms with Crippen molar-refractivity contribution < 1.29 is 84.3 Å². The van der Waals surface area contributed by atoms with Crippen LogP contribution < -0.4 is 0 Å². The summed E-state index contributed by atoms with van der Waals surface area (Å²) in [4.78, 5) is 13.2. The molecule has 0 radical (unpaired) electrons. The Morgan fingerprint density at radius 1 is 0.646 bits per heavy atom. The van der Waals surface area contributed by atoms with Gasteiger partial charge in [0.05, 0.1) is 30.8 Å². The van der Waals surface area contributed by atoms with Gasteiger partial charge in [0.2, 0.25) is 0 Å². The van der Waals surface area contributed by atoms with Crippen molar-refractivity contribution in [3.8, 4) is 0 Å². The van der Waals surface area contributed by atoms with E-state index in [1.54, 1.807) is 0 Å². The Balaban J connectivity index is 1.05. The first kappa shape index (κ1) is 50.0. The third-order valence-corrected chi connectivity index (χ3v) is 19.3. The standard InChI is InChI=1S/C48H78O17/c1-22-30(51)33(54)36(57)39(60-22)64-38-35(56)32(53)26(21-50)62-41(38)65-37-34(55)31(52)25(20-49)61-40(37)63-29-12-13-45(6)27(44(29,4)5)11-14-47(8)28(45)10-9-23-24-19-43(2,3)15-17-48(24,42(58)59)18-16-46(23,47)7/h9,22,24-41,49-57H,10-21H2,1-8H3,(H,58,59)/t22-,24-,25+,26+,27-,28+,29-,30-,31+,32+,33+,34-,35-,36+,37+,38+,39-,40-,41-,45-,46+,47+,48-/m0/s1. The molecule has 0 aromatic carbocycles. The quantitative estimate of drug-likeness (QED) is 0.117. The molecule has 17 nitrogen and oxygen atoms in total. The molecule has 10 N–H and O–H groups in total. The minimum absolute atomic E-state index is 0.00942.